The van der Waals surface area contributed by atoms with Crippen molar-refractivity contribution in [2.24, 2.45) is 0 Å². The molecule has 18 heavy (non-hydrogen) atoms. The number of benzene rings is 1. The summed E-state index contributed by atoms with van der Waals surface area (Å²) in [7, 11) is 0. The van der Waals surface area contributed by atoms with Crippen molar-refractivity contribution < 1.29 is 4.74 Å². The van der Waals surface area contributed by atoms with Gasteiger partial charge in [0.1, 0.15) is 5.75 Å². The minimum absolute atomic E-state index is 0.199. The van der Waals surface area contributed by atoms with Gasteiger partial charge < -0.3 is 10.1 Å². The van der Waals surface area contributed by atoms with Crippen LogP contribution >= 0.6 is 27.5 Å². The quantitative estimate of drug-likeness (QED) is 0.747. The van der Waals surface area contributed by atoms with Crippen LogP contribution in [-0.2, 0) is 0 Å². The van der Waals surface area contributed by atoms with Gasteiger partial charge in [0.2, 0.25) is 0 Å². The Hall–Kier alpha value is -0.250. The Morgan fingerprint density at radius 1 is 1.50 bits per heavy atom. The maximum absolute atomic E-state index is 6.12. The van der Waals surface area contributed by atoms with Crippen LogP contribution in [0.4, 0.5) is 0 Å². The summed E-state index contributed by atoms with van der Waals surface area (Å²) in [6.45, 7) is 3.18. The van der Waals surface area contributed by atoms with E-state index < -0.39 is 0 Å². The molecule has 0 heterocycles. The molecule has 0 aromatic heterocycles. The lowest BCUT2D eigenvalue weighted by Gasteiger charge is -2.16. The van der Waals surface area contributed by atoms with Crippen molar-refractivity contribution in [3.63, 3.8) is 0 Å². The van der Waals surface area contributed by atoms with Gasteiger partial charge in [-0.05, 0) is 57.4 Å². The van der Waals surface area contributed by atoms with Crippen LogP contribution < -0.4 is 10.1 Å². The van der Waals surface area contributed by atoms with E-state index in [1.54, 1.807) is 0 Å². The third kappa shape index (κ3) is 4.79. The molecule has 0 aliphatic heterocycles. The van der Waals surface area contributed by atoms with Gasteiger partial charge in [0.15, 0.2) is 0 Å². The topological polar surface area (TPSA) is 21.3 Å². The molecule has 1 fully saturated rings. The van der Waals surface area contributed by atoms with E-state index >= 15 is 0 Å². The lowest BCUT2D eigenvalue weighted by Crippen LogP contribution is -2.20. The van der Waals surface area contributed by atoms with Crippen LogP contribution in [0, 0.1) is 0 Å². The second-order valence-electron chi connectivity index (χ2n) is 4.87. The van der Waals surface area contributed by atoms with Gasteiger partial charge >= 0.3 is 0 Å². The van der Waals surface area contributed by atoms with Gasteiger partial charge in [0, 0.05) is 10.5 Å². The van der Waals surface area contributed by atoms with Crippen LogP contribution in [0.1, 0.15) is 32.6 Å². The second kappa shape index (κ2) is 6.78. The third-order valence-corrected chi connectivity index (χ3v) is 3.81. The highest BCUT2D eigenvalue weighted by atomic mass is 79.9. The van der Waals surface area contributed by atoms with Crippen molar-refractivity contribution in [1.29, 1.82) is 0 Å². The normalized spacial score (nSPS) is 16.6. The summed E-state index contributed by atoms with van der Waals surface area (Å²) in [5.74, 6) is 0.766. The average Bonchev–Trinajstić information content (AvgIpc) is 3.12. The fourth-order valence-corrected chi connectivity index (χ4v) is 2.55. The first-order chi connectivity index (χ1) is 8.65. The molecule has 1 atom stereocenters. The monoisotopic (exact) mass is 331 g/mol. The van der Waals surface area contributed by atoms with Gasteiger partial charge in [0.05, 0.1) is 11.1 Å². The summed E-state index contributed by atoms with van der Waals surface area (Å²) in [4.78, 5) is 0. The van der Waals surface area contributed by atoms with Crippen molar-refractivity contribution in [2.75, 3.05) is 6.54 Å². The largest absolute Gasteiger partial charge is 0.489 e. The molecule has 0 bridgehead atoms. The third-order valence-electron chi connectivity index (χ3n) is 3.02. The van der Waals surface area contributed by atoms with Crippen molar-refractivity contribution in [1.82, 2.24) is 5.32 Å². The van der Waals surface area contributed by atoms with Crippen LogP contribution in [0.3, 0.4) is 0 Å². The van der Waals surface area contributed by atoms with Crippen molar-refractivity contribution in [2.45, 2.75) is 44.8 Å². The maximum Gasteiger partial charge on any atom is 0.138 e. The Balaban J connectivity index is 1.70. The summed E-state index contributed by atoms with van der Waals surface area (Å²) >= 11 is 9.50. The molecule has 1 aliphatic rings. The summed E-state index contributed by atoms with van der Waals surface area (Å²) in [6.07, 6.45) is 5.09. The highest BCUT2D eigenvalue weighted by molar-refractivity contribution is 9.10. The number of hydrogen-bond acceptors (Lipinski definition) is 2. The standard InChI is InChI=1S/C14H19BrClNO/c1-10(3-2-8-17-12-5-6-12)18-14-7-4-11(15)9-13(14)16/h4,7,9-10,12,17H,2-3,5-6,8H2,1H3. The van der Waals surface area contributed by atoms with Gasteiger partial charge in [0.25, 0.3) is 0 Å². The predicted octanol–water partition coefficient (Wildman–Crippen LogP) is 4.40. The van der Waals surface area contributed by atoms with Gasteiger partial charge in [-0.3, -0.25) is 0 Å². The van der Waals surface area contributed by atoms with E-state index in [1.165, 1.54) is 12.8 Å². The molecule has 100 valence electrons. The van der Waals surface area contributed by atoms with Gasteiger partial charge in [-0.2, -0.15) is 0 Å². The molecule has 1 aromatic rings. The molecule has 0 radical (unpaired) electrons. The Morgan fingerprint density at radius 2 is 2.28 bits per heavy atom. The van der Waals surface area contributed by atoms with Crippen LogP contribution in [0.2, 0.25) is 5.02 Å². The molecule has 1 unspecified atom stereocenters. The van der Waals surface area contributed by atoms with E-state index in [9.17, 15) is 0 Å². The Labute approximate surface area is 122 Å². The summed E-state index contributed by atoms with van der Waals surface area (Å²) < 4.78 is 6.82. The number of nitrogens with one attached hydrogen (secondary N) is 1. The van der Waals surface area contributed by atoms with Crippen molar-refractivity contribution in [3.05, 3.63) is 27.7 Å². The van der Waals surface area contributed by atoms with Crippen LogP contribution in [0.25, 0.3) is 0 Å². The van der Waals surface area contributed by atoms with Crippen molar-refractivity contribution in [3.8, 4) is 5.75 Å². The lowest BCUT2D eigenvalue weighted by atomic mass is 10.2. The number of ether oxygens (including phenoxy) is 1. The second-order valence-corrected chi connectivity index (χ2v) is 6.20. The summed E-state index contributed by atoms with van der Waals surface area (Å²) in [5, 5.41) is 4.17. The van der Waals surface area contributed by atoms with Crippen LogP contribution in [-0.4, -0.2) is 18.7 Å². The first kappa shape index (κ1) is 14.2. The molecule has 1 aromatic carbocycles. The van der Waals surface area contributed by atoms with E-state index in [0.717, 1.165) is 35.7 Å². The number of halogens is 2. The zero-order valence-electron chi connectivity index (χ0n) is 10.6. The van der Waals surface area contributed by atoms with E-state index in [0.29, 0.717) is 5.02 Å². The fourth-order valence-electron chi connectivity index (χ4n) is 1.83. The highest BCUT2D eigenvalue weighted by Gasteiger charge is 2.19. The molecular formula is C14H19BrClNO. The van der Waals surface area contributed by atoms with E-state index in [4.69, 9.17) is 16.3 Å². The van der Waals surface area contributed by atoms with Crippen molar-refractivity contribution >= 4 is 27.5 Å². The Bertz CT molecular complexity index is 395. The average molecular weight is 333 g/mol. The molecule has 0 saturated heterocycles. The van der Waals surface area contributed by atoms with Gasteiger partial charge in [-0.1, -0.05) is 27.5 Å². The molecule has 2 rings (SSSR count). The zero-order chi connectivity index (χ0) is 13.0. The molecular weight excluding hydrogens is 314 g/mol. The van der Waals surface area contributed by atoms with Crippen LogP contribution in [0.15, 0.2) is 22.7 Å². The van der Waals surface area contributed by atoms with E-state index in [1.807, 2.05) is 18.2 Å². The zero-order valence-corrected chi connectivity index (χ0v) is 12.9. The number of rotatable bonds is 7. The molecule has 0 amide bonds. The number of hydrogen-bond donors (Lipinski definition) is 1. The highest BCUT2D eigenvalue weighted by Crippen LogP contribution is 2.29. The molecule has 1 aliphatic carbocycles. The predicted molar refractivity (Wildman–Crippen MR) is 79.5 cm³/mol. The molecule has 1 saturated carbocycles. The summed E-state index contributed by atoms with van der Waals surface area (Å²) in [5.41, 5.74) is 0. The Morgan fingerprint density at radius 3 is 2.94 bits per heavy atom. The van der Waals surface area contributed by atoms with E-state index in [-0.39, 0.29) is 6.10 Å². The maximum atomic E-state index is 6.12. The van der Waals surface area contributed by atoms with Gasteiger partial charge in [-0.25, -0.2) is 0 Å². The molecule has 2 nitrogen and oxygen atoms in total. The summed E-state index contributed by atoms with van der Waals surface area (Å²) in [6, 6.07) is 6.51. The minimum atomic E-state index is 0.199. The molecule has 0 spiro atoms. The smallest absolute Gasteiger partial charge is 0.138 e. The first-order valence-corrected chi connectivity index (χ1v) is 7.67. The lowest BCUT2D eigenvalue weighted by molar-refractivity contribution is 0.207. The molecule has 1 N–H and O–H groups in total. The molecule has 4 heteroatoms. The Kier molecular flexibility index (Phi) is 5.34. The van der Waals surface area contributed by atoms with Gasteiger partial charge in [-0.15, -0.1) is 0 Å². The first-order valence-electron chi connectivity index (χ1n) is 6.50. The minimum Gasteiger partial charge on any atom is -0.489 e. The van der Waals surface area contributed by atoms with Crippen LogP contribution in [0.5, 0.6) is 5.75 Å². The van der Waals surface area contributed by atoms with E-state index in [2.05, 4.69) is 28.2 Å². The SMILES string of the molecule is CC(CCCNC1CC1)Oc1ccc(Br)cc1Cl. The fraction of sp³-hybridized carbons (Fsp3) is 0.571.